The highest BCUT2D eigenvalue weighted by Gasteiger charge is 2.25. The molecule has 1 fully saturated rings. The van der Waals surface area contributed by atoms with Gasteiger partial charge in [0.15, 0.2) is 0 Å². The van der Waals surface area contributed by atoms with Crippen LogP contribution in [0.15, 0.2) is 12.4 Å². The molecule has 0 bridgehead atoms. The maximum absolute atomic E-state index is 12.3. The minimum absolute atomic E-state index is 0.0976. The van der Waals surface area contributed by atoms with Crippen LogP contribution in [-0.4, -0.2) is 28.0 Å². The van der Waals surface area contributed by atoms with E-state index in [0.717, 1.165) is 25.9 Å². The summed E-state index contributed by atoms with van der Waals surface area (Å²) >= 11 is 0. The van der Waals surface area contributed by atoms with E-state index in [1.807, 2.05) is 10.8 Å². The van der Waals surface area contributed by atoms with Gasteiger partial charge in [-0.2, -0.15) is 0 Å². The maximum atomic E-state index is 12.3. The molecule has 1 amide bonds. The summed E-state index contributed by atoms with van der Waals surface area (Å²) in [5.74, 6) is 1.40. The average Bonchev–Trinajstić information content (AvgIpc) is 2.75. The number of amides is 1. The van der Waals surface area contributed by atoms with Crippen molar-refractivity contribution in [2.45, 2.75) is 46.2 Å². The average molecular weight is 264 g/mol. The van der Waals surface area contributed by atoms with Gasteiger partial charge in [-0.1, -0.05) is 13.8 Å². The Hall–Kier alpha value is -1.36. The molecule has 0 aliphatic carbocycles. The van der Waals surface area contributed by atoms with Gasteiger partial charge in [0.05, 0.1) is 0 Å². The molecule has 2 atom stereocenters. The van der Waals surface area contributed by atoms with Crippen molar-refractivity contribution in [2.75, 3.05) is 11.9 Å². The summed E-state index contributed by atoms with van der Waals surface area (Å²) in [4.78, 5) is 16.5. The molecule has 1 aliphatic heterocycles. The Morgan fingerprint density at radius 3 is 3.11 bits per heavy atom. The largest absolute Gasteiger partial charge is 0.317 e. The van der Waals surface area contributed by atoms with Gasteiger partial charge in [-0.15, -0.1) is 0 Å². The first-order valence-corrected chi connectivity index (χ1v) is 7.11. The molecule has 0 unspecified atom stereocenters. The van der Waals surface area contributed by atoms with Crippen LogP contribution in [0.25, 0.3) is 0 Å². The minimum atomic E-state index is 0.0976. The van der Waals surface area contributed by atoms with Gasteiger partial charge in [0.1, 0.15) is 0 Å². The third-order valence-corrected chi connectivity index (χ3v) is 3.51. The van der Waals surface area contributed by atoms with Gasteiger partial charge in [-0.25, -0.2) is 4.98 Å². The Labute approximate surface area is 114 Å². The number of imidazole rings is 1. The van der Waals surface area contributed by atoms with Gasteiger partial charge in [-0.3, -0.25) is 10.1 Å². The molecular formula is C14H24N4O. The highest BCUT2D eigenvalue weighted by Crippen LogP contribution is 2.18. The monoisotopic (exact) mass is 264 g/mol. The van der Waals surface area contributed by atoms with E-state index in [9.17, 15) is 4.79 Å². The van der Waals surface area contributed by atoms with Crippen LogP contribution in [0.1, 0.15) is 33.6 Å². The van der Waals surface area contributed by atoms with Gasteiger partial charge in [-0.05, 0) is 32.2 Å². The Morgan fingerprint density at radius 2 is 2.42 bits per heavy atom. The van der Waals surface area contributed by atoms with Gasteiger partial charge < -0.3 is 9.88 Å². The molecule has 0 spiro atoms. The van der Waals surface area contributed by atoms with Crippen LogP contribution in [0.3, 0.4) is 0 Å². The zero-order valence-electron chi connectivity index (χ0n) is 12.0. The van der Waals surface area contributed by atoms with Crippen LogP contribution < -0.4 is 10.6 Å². The van der Waals surface area contributed by atoms with Crippen LogP contribution in [0.5, 0.6) is 0 Å². The molecule has 5 nitrogen and oxygen atoms in total. The summed E-state index contributed by atoms with van der Waals surface area (Å²) in [7, 11) is 0. The third kappa shape index (κ3) is 3.80. The molecule has 19 heavy (non-hydrogen) atoms. The lowest BCUT2D eigenvalue weighted by atomic mass is 9.92. The molecular weight excluding hydrogens is 240 g/mol. The highest BCUT2D eigenvalue weighted by atomic mass is 16.2. The van der Waals surface area contributed by atoms with Crippen LogP contribution >= 0.6 is 0 Å². The lowest BCUT2D eigenvalue weighted by molar-refractivity contribution is -0.120. The van der Waals surface area contributed by atoms with Crippen molar-refractivity contribution in [3.63, 3.8) is 0 Å². The Bertz CT molecular complexity index is 427. The fourth-order valence-corrected chi connectivity index (χ4v) is 2.56. The molecule has 2 N–H and O–H groups in total. The van der Waals surface area contributed by atoms with Crippen molar-refractivity contribution in [3.05, 3.63) is 12.4 Å². The van der Waals surface area contributed by atoms with Gasteiger partial charge in [0, 0.05) is 30.9 Å². The Kier molecular flexibility index (Phi) is 4.58. The van der Waals surface area contributed by atoms with Gasteiger partial charge >= 0.3 is 0 Å². The first-order chi connectivity index (χ1) is 9.06. The summed E-state index contributed by atoms with van der Waals surface area (Å²) in [6.45, 7) is 8.22. The van der Waals surface area contributed by atoms with Crippen LogP contribution in [0.2, 0.25) is 0 Å². The quantitative estimate of drug-likeness (QED) is 0.872. The second kappa shape index (κ2) is 6.19. The third-order valence-electron chi connectivity index (χ3n) is 3.51. The molecule has 5 heteroatoms. The zero-order valence-corrected chi connectivity index (χ0v) is 12.0. The van der Waals surface area contributed by atoms with E-state index in [0.29, 0.717) is 17.9 Å². The van der Waals surface area contributed by atoms with E-state index in [-0.39, 0.29) is 11.8 Å². The fourth-order valence-electron chi connectivity index (χ4n) is 2.56. The number of carbonyl (C=O) groups excluding carboxylic acids is 1. The highest BCUT2D eigenvalue weighted by molar-refractivity contribution is 5.91. The number of nitrogens with zero attached hydrogens (tertiary/aromatic N) is 2. The number of nitrogens with one attached hydrogen (secondary N) is 2. The SMILES string of the molecule is CC(C)Cn1ccnc1NC(=O)[C@H]1CCN[C@@H](C)C1. The van der Waals surface area contributed by atoms with Crippen LogP contribution in [0, 0.1) is 11.8 Å². The summed E-state index contributed by atoms with van der Waals surface area (Å²) in [6, 6.07) is 0.417. The topological polar surface area (TPSA) is 59.0 Å². The maximum Gasteiger partial charge on any atom is 0.229 e. The first-order valence-electron chi connectivity index (χ1n) is 7.11. The van der Waals surface area contributed by atoms with Crippen LogP contribution in [-0.2, 0) is 11.3 Å². The summed E-state index contributed by atoms with van der Waals surface area (Å²) in [6.07, 6.45) is 5.46. The van der Waals surface area contributed by atoms with Gasteiger partial charge in [0.25, 0.3) is 0 Å². The van der Waals surface area contributed by atoms with E-state index in [1.54, 1.807) is 6.20 Å². The molecule has 106 valence electrons. The normalized spacial score (nSPS) is 23.6. The second-order valence-corrected chi connectivity index (χ2v) is 5.86. The first kappa shape index (κ1) is 14.1. The van der Waals surface area contributed by atoms with Crippen molar-refractivity contribution in [1.82, 2.24) is 14.9 Å². The number of aromatic nitrogens is 2. The van der Waals surface area contributed by atoms with E-state index >= 15 is 0 Å². The molecule has 1 aromatic heterocycles. The summed E-state index contributed by atoms with van der Waals surface area (Å²) in [5.41, 5.74) is 0. The second-order valence-electron chi connectivity index (χ2n) is 5.86. The molecule has 1 aromatic rings. The minimum Gasteiger partial charge on any atom is -0.317 e. The van der Waals surface area contributed by atoms with Crippen molar-refractivity contribution in [1.29, 1.82) is 0 Å². The predicted molar refractivity (Wildman–Crippen MR) is 75.9 cm³/mol. The Morgan fingerprint density at radius 1 is 1.63 bits per heavy atom. The predicted octanol–water partition coefficient (Wildman–Crippen LogP) is 1.87. The molecule has 0 aromatic carbocycles. The molecule has 1 aliphatic rings. The number of carbonyl (C=O) groups is 1. The zero-order chi connectivity index (χ0) is 13.8. The van der Waals surface area contributed by atoms with Crippen molar-refractivity contribution in [3.8, 4) is 0 Å². The lowest BCUT2D eigenvalue weighted by Gasteiger charge is -2.27. The smallest absolute Gasteiger partial charge is 0.229 e. The van der Waals surface area contributed by atoms with Crippen LogP contribution in [0.4, 0.5) is 5.95 Å². The fraction of sp³-hybridized carbons (Fsp3) is 0.714. The number of hydrogen-bond donors (Lipinski definition) is 2. The Balaban J connectivity index is 1.96. The molecule has 0 radical (unpaired) electrons. The molecule has 2 rings (SSSR count). The van der Waals surface area contributed by atoms with Crippen molar-refractivity contribution >= 4 is 11.9 Å². The van der Waals surface area contributed by atoms with E-state index in [4.69, 9.17) is 0 Å². The number of rotatable bonds is 4. The molecule has 2 heterocycles. The van der Waals surface area contributed by atoms with Crippen molar-refractivity contribution in [2.24, 2.45) is 11.8 Å². The molecule has 0 saturated carbocycles. The number of anilines is 1. The van der Waals surface area contributed by atoms with Gasteiger partial charge in [0.2, 0.25) is 11.9 Å². The number of hydrogen-bond acceptors (Lipinski definition) is 3. The van der Waals surface area contributed by atoms with E-state index in [2.05, 4.69) is 36.4 Å². The standard InChI is InChI=1S/C14H24N4O/c1-10(2)9-18-7-6-16-14(18)17-13(19)12-4-5-15-11(3)8-12/h6-7,10-12,15H,4-5,8-9H2,1-3H3,(H,16,17,19)/t11-,12-/m0/s1. The van der Waals surface area contributed by atoms with E-state index < -0.39 is 0 Å². The van der Waals surface area contributed by atoms with E-state index in [1.165, 1.54) is 0 Å². The number of piperidine rings is 1. The van der Waals surface area contributed by atoms with Crippen molar-refractivity contribution < 1.29 is 4.79 Å². The summed E-state index contributed by atoms with van der Waals surface area (Å²) < 4.78 is 2.01. The lowest BCUT2D eigenvalue weighted by Crippen LogP contribution is -2.40. The summed E-state index contributed by atoms with van der Waals surface area (Å²) in [5, 5.41) is 6.33. The molecule has 1 saturated heterocycles.